The lowest BCUT2D eigenvalue weighted by molar-refractivity contribution is 0.242. The third-order valence-corrected chi connectivity index (χ3v) is 4.64. The first-order valence-corrected chi connectivity index (χ1v) is 9.23. The normalized spacial score (nSPS) is 19.6. The van der Waals surface area contributed by atoms with Gasteiger partial charge in [0, 0.05) is 34.8 Å². The Morgan fingerprint density at radius 2 is 2.27 bits per heavy atom. The van der Waals surface area contributed by atoms with Crippen molar-refractivity contribution in [3.63, 3.8) is 0 Å². The summed E-state index contributed by atoms with van der Waals surface area (Å²) in [7, 11) is 0. The number of amides is 2. The molecule has 2 aliphatic heterocycles. The minimum absolute atomic E-state index is 0.0660. The lowest BCUT2D eigenvalue weighted by Crippen LogP contribution is -2.44. The molecule has 1 aromatic rings. The van der Waals surface area contributed by atoms with Crippen LogP contribution in [0.15, 0.2) is 51.8 Å². The van der Waals surface area contributed by atoms with Crippen molar-refractivity contribution in [3.8, 4) is 0 Å². The number of carbonyl (C=O) groups is 1. The Hall–Kier alpha value is -2.61. The van der Waals surface area contributed by atoms with Crippen molar-refractivity contribution in [1.82, 2.24) is 26.3 Å². The fraction of sp³-hybridized carbons (Fsp3) is 0.333. The van der Waals surface area contributed by atoms with Gasteiger partial charge in [-0.1, -0.05) is 32.5 Å². The Kier molecular flexibility index (Phi) is 5.41. The molecular weight excluding hydrogens is 350 g/mol. The molecule has 138 valence electrons. The molecule has 0 saturated carbocycles. The summed E-state index contributed by atoms with van der Waals surface area (Å²) in [4.78, 5) is 17.3. The summed E-state index contributed by atoms with van der Waals surface area (Å²) < 4.78 is 5.73. The van der Waals surface area contributed by atoms with Gasteiger partial charge in [-0.05, 0) is 24.4 Å². The number of oxazole rings is 1. The van der Waals surface area contributed by atoms with Crippen LogP contribution in [-0.4, -0.2) is 23.1 Å². The number of thioether (sulfide) groups is 1. The average molecular weight is 373 g/mol. The van der Waals surface area contributed by atoms with Crippen LogP contribution in [-0.2, 0) is 5.41 Å². The fourth-order valence-corrected chi connectivity index (χ4v) is 3.07. The summed E-state index contributed by atoms with van der Waals surface area (Å²) in [6.07, 6.45) is 12.9. The zero-order chi connectivity index (χ0) is 18.6. The van der Waals surface area contributed by atoms with E-state index >= 15 is 0 Å². The molecule has 0 aromatic carbocycles. The van der Waals surface area contributed by atoms with Gasteiger partial charge in [-0.3, -0.25) is 0 Å². The van der Waals surface area contributed by atoms with Crippen molar-refractivity contribution in [3.05, 3.63) is 59.1 Å². The predicted molar refractivity (Wildman–Crippen MR) is 104 cm³/mol. The first-order chi connectivity index (χ1) is 12.4. The Balaban J connectivity index is 1.47. The van der Waals surface area contributed by atoms with Gasteiger partial charge in [0.05, 0.1) is 6.20 Å². The standard InChI is InChI=1S/C18H23N5O2S/c1-18(2,3)14-11-20-15(25-14)5-4-13-10-21-17(26-13)23-16(24)22-12-6-8-19-9-7-12/h4-8,10-11,17,19,21H,9H2,1-3H3,(H2,22,23,24)/b5-4+. The predicted octanol–water partition coefficient (Wildman–Crippen LogP) is 2.75. The molecule has 2 aliphatic rings. The molecule has 0 radical (unpaired) electrons. The average Bonchev–Trinajstić information content (AvgIpc) is 3.22. The zero-order valence-electron chi connectivity index (χ0n) is 15.0. The topological polar surface area (TPSA) is 91.2 Å². The van der Waals surface area contributed by atoms with Crippen LogP contribution < -0.4 is 21.3 Å². The summed E-state index contributed by atoms with van der Waals surface area (Å²) in [6.45, 7) is 6.95. The van der Waals surface area contributed by atoms with E-state index in [1.54, 1.807) is 12.4 Å². The highest BCUT2D eigenvalue weighted by Crippen LogP contribution is 2.27. The van der Waals surface area contributed by atoms with E-state index in [-0.39, 0.29) is 16.9 Å². The number of rotatable bonds is 4. The molecule has 4 N–H and O–H groups in total. The second kappa shape index (κ2) is 7.74. The third kappa shape index (κ3) is 4.95. The minimum Gasteiger partial charge on any atom is -0.441 e. The van der Waals surface area contributed by atoms with Crippen molar-refractivity contribution in [1.29, 1.82) is 0 Å². The van der Waals surface area contributed by atoms with Gasteiger partial charge < -0.3 is 25.7 Å². The third-order valence-electron chi connectivity index (χ3n) is 3.62. The van der Waals surface area contributed by atoms with Crippen LogP contribution in [0.5, 0.6) is 0 Å². The summed E-state index contributed by atoms with van der Waals surface area (Å²) in [5.74, 6) is 1.41. The van der Waals surface area contributed by atoms with E-state index in [2.05, 4.69) is 47.0 Å². The van der Waals surface area contributed by atoms with Crippen molar-refractivity contribution >= 4 is 23.9 Å². The molecule has 3 rings (SSSR count). The lowest BCUT2D eigenvalue weighted by Gasteiger charge is -2.15. The quantitative estimate of drug-likeness (QED) is 0.649. The molecule has 26 heavy (non-hydrogen) atoms. The van der Waals surface area contributed by atoms with E-state index in [4.69, 9.17) is 4.42 Å². The maximum absolute atomic E-state index is 12.0. The maximum Gasteiger partial charge on any atom is 0.321 e. The number of urea groups is 1. The molecule has 0 saturated heterocycles. The second-order valence-corrected chi connectivity index (χ2v) is 8.04. The van der Waals surface area contributed by atoms with Gasteiger partial charge in [0.2, 0.25) is 5.89 Å². The number of hydrogen-bond donors (Lipinski definition) is 4. The Morgan fingerprint density at radius 1 is 1.42 bits per heavy atom. The van der Waals surface area contributed by atoms with E-state index < -0.39 is 0 Å². The number of dihydropyridines is 1. The number of hydrogen-bond acceptors (Lipinski definition) is 6. The summed E-state index contributed by atoms with van der Waals surface area (Å²) >= 11 is 1.50. The van der Waals surface area contributed by atoms with E-state index in [1.807, 2.05) is 30.5 Å². The summed E-state index contributed by atoms with van der Waals surface area (Å²) in [6, 6.07) is -0.256. The SMILES string of the molecule is CC(C)(C)c1cnc(/C=C/C2=CNC(NC(=O)NC3=CCNC=C3)S2)o1. The van der Waals surface area contributed by atoms with Crippen molar-refractivity contribution in [2.45, 2.75) is 31.7 Å². The fourth-order valence-electron chi connectivity index (χ4n) is 2.22. The highest BCUT2D eigenvalue weighted by atomic mass is 32.2. The molecule has 3 heterocycles. The Labute approximate surface area is 157 Å². The molecule has 1 atom stereocenters. The molecule has 0 fully saturated rings. The van der Waals surface area contributed by atoms with Gasteiger partial charge in [0.25, 0.3) is 0 Å². The van der Waals surface area contributed by atoms with Gasteiger partial charge in [-0.2, -0.15) is 0 Å². The van der Waals surface area contributed by atoms with Crippen LogP contribution in [0.2, 0.25) is 0 Å². The molecule has 1 unspecified atom stereocenters. The number of carbonyl (C=O) groups excluding carboxylic acids is 1. The largest absolute Gasteiger partial charge is 0.441 e. The molecule has 7 nitrogen and oxygen atoms in total. The lowest BCUT2D eigenvalue weighted by atomic mass is 9.94. The first kappa shape index (κ1) is 18.2. The van der Waals surface area contributed by atoms with E-state index in [9.17, 15) is 4.79 Å². The number of nitrogens with one attached hydrogen (secondary N) is 4. The van der Waals surface area contributed by atoms with Crippen molar-refractivity contribution < 1.29 is 9.21 Å². The number of allylic oxidation sites excluding steroid dienone is 2. The minimum atomic E-state index is -0.256. The van der Waals surface area contributed by atoms with Crippen LogP contribution >= 0.6 is 11.8 Å². The maximum atomic E-state index is 12.0. The Morgan fingerprint density at radius 3 is 2.96 bits per heavy atom. The highest BCUT2D eigenvalue weighted by Gasteiger charge is 2.20. The molecule has 0 aliphatic carbocycles. The van der Waals surface area contributed by atoms with Crippen molar-refractivity contribution in [2.24, 2.45) is 0 Å². The number of nitrogens with zero attached hydrogens (tertiary/aromatic N) is 1. The van der Waals surface area contributed by atoms with Gasteiger partial charge in [-0.25, -0.2) is 9.78 Å². The monoisotopic (exact) mass is 373 g/mol. The van der Waals surface area contributed by atoms with Crippen LogP contribution in [0.1, 0.15) is 32.4 Å². The second-order valence-electron chi connectivity index (χ2n) is 6.86. The smallest absolute Gasteiger partial charge is 0.321 e. The van der Waals surface area contributed by atoms with Crippen LogP contribution in [0.25, 0.3) is 6.08 Å². The summed E-state index contributed by atoms with van der Waals surface area (Å²) in [5.41, 5.74) is 0.482. The van der Waals surface area contributed by atoms with E-state index in [0.717, 1.165) is 16.4 Å². The molecule has 1 aromatic heterocycles. The van der Waals surface area contributed by atoms with Crippen LogP contribution in [0.4, 0.5) is 4.79 Å². The van der Waals surface area contributed by atoms with Crippen molar-refractivity contribution in [2.75, 3.05) is 6.54 Å². The molecule has 0 spiro atoms. The van der Waals surface area contributed by atoms with E-state index in [1.165, 1.54) is 11.8 Å². The van der Waals surface area contributed by atoms with Gasteiger partial charge in [-0.15, -0.1) is 0 Å². The van der Waals surface area contributed by atoms with Gasteiger partial charge in [0.15, 0.2) is 5.50 Å². The molecular formula is C18H23N5O2S. The Bertz CT molecular complexity index is 786. The first-order valence-electron chi connectivity index (χ1n) is 8.35. The summed E-state index contributed by atoms with van der Waals surface area (Å²) in [5, 5.41) is 11.8. The zero-order valence-corrected chi connectivity index (χ0v) is 15.8. The van der Waals surface area contributed by atoms with Crippen LogP contribution in [0, 0.1) is 0 Å². The molecule has 0 bridgehead atoms. The van der Waals surface area contributed by atoms with Gasteiger partial charge in [0.1, 0.15) is 5.76 Å². The number of aromatic nitrogens is 1. The molecule has 2 amide bonds. The van der Waals surface area contributed by atoms with E-state index in [0.29, 0.717) is 12.4 Å². The molecule has 8 heteroatoms. The van der Waals surface area contributed by atoms with Crippen LogP contribution in [0.3, 0.4) is 0 Å². The van der Waals surface area contributed by atoms with Gasteiger partial charge >= 0.3 is 6.03 Å². The highest BCUT2D eigenvalue weighted by molar-refractivity contribution is 8.04.